The van der Waals surface area contributed by atoms with Crippen molar-refractivity contribution in [3.63, 3.8) is 0 Å². The van der Waals surface area contributed by atoms with Crippen LogP contribution in [0.25, 0.3) is 5.76 Å². The minimum atomic E-state index is -0.778. The lowest BCUT2D eigenvalue weighted by Gasteiger charge is -2.25. The molecule has 2 heterocycles. The van der Waals surface area contributed by atoms with Crippen molar-refractivity contribution in [1.29, 1.82) is 0 Å². The number of hydrogen-bond donors (Lipinski definition) is 1. The van der Waals surface area contributed by atoms with Crippen LogP contribution in [0, 0.1) is 0 Å². The van der Waals surface area contributed by atoms with Gasteiger partial charge in [-0.2, -0.15) is 0 Å². The molecular formula is C26H20BrNO6. The van der Waals surface area contributed by atoms with E-state index in [-0.39, 0.29) is 24.7 Å². The van der Waals surface area contributed by atoms with E-state index in [4.69, 9.17) is 14.2 Å². The Morgan fingerprint density at radius 2 is 1.74 bits per heavy atom. The predicted octanol–water partition coefficient (Wildman–Crippen LogP) is 4.81. The summed E-state index contributed by atoms with van der Waals surface area (Å²) in [7, 11) is 1.56. The zero-order valence-electron chi connectivity index (χ0n) is 18.2. The maximum Gasteiger partial charge on any atom is 0.295 e. The van der Waals surface area contributed by atoms with Gasteiger partial charge in [-0.1, -0.05) is 46.3 Å². The number of carbonyl (C=O) groups excluding carboxylic acids is 2. The summed E-state index contributed by atoms with van der Waals surface area (Å²) in [6.07, 6.45) is 0. The zero-order valence-corrected chi connectivity index (χ0v) is 19.7. The van der Waals surface area contributed by atoms with Gasteiger partial charge in [-0.15, -0.1) is 0 Å². The lowest BCUT2D eigenvalue weighted by atomic mass is 9.95. The minimum Gasteiger partial charge on any atom is -0.507 e. The van der Waals surface area contributed by atoms with Crippen molar-refractivity contribution in [2.75, 3.05) is 13.9 Å². The number of likely N-dealkylation sites (tertiary alicyclic amines) is 1. The molecule has 1 fully saturated rings. The van der Waals surface area contributed by atoms with E-state index in [0.717, 1.165) is 10.0 Å². The number of nitrogens with zero attached hydrogens (tertiary/aromatic N) is 1. The molecule has 2 aliphatic rings. The number of amides is 1. The molecule has 1 saturated heterocycles. The summed E-state index contributed by atoms with van der Waals surface area (Å²) in [5.41, 5.74) is 1.94. The SMILES string of the molecule is COc1ccc(C2/C(=C(\O)c3ccc(Br)cc3)C(=O)C(=O)N2Cc2ccc3c(c2)OCO3)cc1. The van der Waals surface area contributed by atoms with Crippen LogP contribution in [0.2, 0.25) is 0 Å². The van der Waals surface area contributed by atoms with Crippen LogP contribution < -0.4 is 14.2 Å². The molecule has 172 valence electrons. The Morgan fingerprint density at radius 1 is 1.03 bits per heavy atom. The quantitative estimate of drug-likeness (QED) is 0.294. The van der Waals surface area contributed by atoms with E-state index in [9.17, 15) is 14.7 Å². The monoisotopic (exact) mass is 521 g/mol. The molecule has 0 aliphatic carbocycles. The fourth-order valence-corrected chi connectivity index (χ4v) is 4.44. The molecule has 8 heteroatoms. The topological polar surface area (TPSA) is 85.3 Å². The third-order valence-electron chi connectivity index (χ3n) is 5.88. The van der Waals surface area contributed by atoms with Gasteiger partial charge in [0, 0.05) is 16.6 Å². The van der Waals surface area contributed by atoms with Crippen LogP contribution in [-0.2, 0) is 16.1 Å². The summed E-state index contributed by atoms with van der Waals surface area (Å²) in [6, 6.07) is 18.6. The first kappa shape index (κ1) is 22.0. The van der Waals surface area contributed by atoms with Crippen LogP contribution >= 0.6 is 15.9 Å². The summed E-state index contributed by atoms with van der Waals surface area (Å²) in [5, 5.41) is 11.1. The van der Waals surface area contributed by atoms with Crippen LogP contribution in [0.15, 0.2) is 76.8 Å². The summed E-state index contributed by atoms with van der Waals surface area (Å²) >= 11 is 3.37. The van der Waals surface area contributed by atoms with Gasteiger partial charge in [0.15, 0.2) is 11.5 Å². The number of aliphatic hydroxyl groups is 1. The molecule has 0 spiro atoms. The summed E-state index contributed by atoms with van der Waals surface area (Å²) in [4.78, 5) is 27.9. The number of fused-ring (bicyclic) bond motifs is 1. The number of hydrogen-bond acceptors (Lipinski definition) is 6. The average Bonchev–Trinajstić information content (AvgIpc) is 3.42. The number of carbonyl (C=O) groups is 2. The van der Waals surface area contributed by atoms with Crippen molar-refractivity contribution < 1.29 is 28.9 Å². The molecule has 3 aromatic carbocycles. The van der Waals surface area contributed by atoms with E-state index < -0.39 is 17.7 Å². The lowest BCUT2D eigenvalue weighted by Crippen LogP contribution is -2.29. The molecule has 34 heavy (non-hydrogen) atoms. The number of benzene rings is 3. The van der Waals surface area contributed by atoms with Crippen molar-refractivity contribution in [3.05, 3.63) is 93.5 Å². The van der Waals surface area contributed by atoms with Crippen molar-refractivity contribution in [2.24, 2.45) is 0 Å². The Kier molecular flexibility index (Phi) is 5.75. The molecule has 2 aliphatic heterocycles. The van der Waals surface area contributed by atoms with Crippen molar-refractivity contribution >= 4 is 33.4 Å². The Hall–Kier alpha value is -3.78. The summed E-state index contributed by atoms with van der Waals surface area (Å²) in [5.74, 6) is 0.223. The standard InChI is InChI=1S/C26H20BrNO6/c1-32-19-9-5-16(6-10-19)23-22(24(29)17-3-7-18(27)8-4-17)25(30)26(31)28(23)13-15-2-11-20-21(12-15)34-14-33-20/h2-12,23,29H,13-14H2,1H3/b24-22+. The molecule has 1 N–H and O–H groups in total. The molecular weight excluding hydrogens is 502 g/mol. The van der Waals surface area contributed by atoms with E-state index in [1.165, 1.54) is 4.90 Å². The summed E-state index contributed by atoms with van der Waals surface area (Å²) in [6.45, 7) is 0.289. The molecule has 0 saturated carbocycles. The van der Waals surface area contributed by atoms with Crippen LogP contribution in [0.3, 0.4) is 0 Å². The van der Waals surface area contributed by atoms with Crippen molar-refractivity contribution in [1.82, 2.24) is 4.90 Å². The van der Waals surface area contributed by atoms with Gasteiger partial charge in [-0.25, -0.2) is 0 Å². The number of rotatable bonds is 5. The fourth-order valence-electron chi connectivity index (χ4n) is 4.18. The van der Waals surface area contributed by atoms with Gasteiger partial charge in [0.25, 0.3) is 11.7 Å². The van der Waals surface area contributed by atoms with E-state index in [0.29, 0.717) is 28.4 Å². The highest BCUT2D eigenvalue weighted by atomic mass is 79.9. The van der Waals surface area contributed by atoms with Crippen molar-refractivity contribution in [3.8, 4) is 17.2 Å². The minimum absolute atomic E-state index is 0.0400. The number of ketones is 1. The van der Waals surface area contributed by atoms with E-state index >= 15 is 0 Å². The Morgan fingerprint density at radius 3 is 2.44 bits per heavy atom. The maximum atomic E-state index is 13.2. The number of halogens is 1. The number of ether oxygens (including phenoxy) is 3. The van der Waals surface area contributed by atoms with Gasteiger partial charge in [0.05, 0.1) is 18.7 Å². The first-order chi connectivity index (χ1) is 16.5. The normalized spacial score (nSPS) is 18.4. The largest absolute Gasteiger partial charge is 0.507 e. The molecule has 1 unspecified atom stereocenters. The van der Waals surface area contributed by atoms with Gasteiger partial charge < -0.3 is 24.2 Å². The van der Waals surface area contributed by atoms with Crippen molar-refractivity contribution in [2.45, 2.75) is 12.6 Å². The molecule has 5 rings (SSSR count). The fraction of sp³-hybridized carbons (Fsp3) is 0.154. The molecule has 0 aromatic heterocycles. The zero-order chi connectivity index (χ0) is 23.8. The Labute approximate surface area is 204 Å². The van der Waals surface area contributed by atoms with Gasteiger partial charge in [-0.05, 0) is 47.5 Å². The summed E-state index contributed by atoms with van der Waals surface area (Å²) < 4.78 is 16.9. The average molecular weight is 522 g/mol. The van der Waals surface area contributed by atoms with E-state index in [1.807, 2.05) is 6.07 Å². The Balaban J connectivity index is 1.60. The van der Waals surface area contributed by atoms with Gasteiger partial charge >= 0.3 is 0 Å². The second-order valence-corrected chi connectivity index (χ2v) is 8.81. The van der Waals surface area contributed by atoms with Crippen LogP contribution in [0.5, 0.6) is 17.2 Å². The molecule has 1 atom stereocenters. The third-order valence-corrected chi connectivity index (χ3v) is 6.41. The number of aliphatic hydroxyl groups excluding tert-OH is 1. The first-order valence-electron chi connectivity index (χ1n) is 10.5. The van der Waals surface area contributed by atoms with Crippen LogP contribution in [0.1, 0.15) is 22.7 Å². The highest BCUT2D eigenvalue weighted by molar-refractivity contribution is 9.10. The molecule has 0 bridgehead atoms. The molecule has 0 radical (unpaired) electrons. The molecule has 3 aromatic rings. The smallest absolute Gasteiger partial charge is 0.295 e. The molecule has 7 nitrogen and oxygen atoms in total. The van der Waals surface area contributed by atoms with Crippen LogP contribution in [-0.4, -0.2) is 35.6 Å². The number of methoxy groups -OCH3 is 1. The second-order valence-electron chi connectivity index (χ2n) is 7.89. The predicted molar refractivity (Wildman–Crippen MR) is 128 cm³/mol. The van der Waals surface area contributed by atoms with E-state index in [1.54, 1.807) is 67.8 Å². The van der Waals surface area contributed by atoms with Gasteiger partial charge in [-0.3, -0.25) is 9.59 Å². The number of Topliss-reactive ketones (excluding diaryl/α,β-unsaturated/α-hetero) is 1. The second kappa shape index (κ2) is 8.87. The molecule has 1 amide bonds. The highest BCUT2D eigenvalue weighted by Gasteiger charge is 2.46. The van der Waals surface area contributed by atoms with Gasteiger partial charge in [0.2, 0.25) is 6.79 Å². The van der Waals surface area contributed by atoms with E-state index in [2.05, 4.69) is 15.9 Å². The van der Waals surface area contributed by atoms with Crippen LogP contribution in [0.4, 0.5) is 0 Å². The highest BCUT2D eigenvalue weighted by Crippen LogP contribution is 2.41. The van der Waals surface area contributed by atoms with Gasteiger partial charge in [0.1, 0.15) is 11.5 Å². The Bertz CT molecular complexity index is 1300. The first-order valence-corrected chi connectivity index (χ1v) is 11.3. The third kappa shape index (κ3) is 3.90. The lowest BCUT2D eigenvalue weighted by molar-refractivity contribution is -0.140. The maximum absolute atomic E-state index is 13.2.